The number of nitrogens with zero attached hydrogens (tertiary/aromatic N) is 1. The van der Waals surface area contributed by atoms with Crippen molar-refractivity contribution >= 4 is 22.5 Å². The molecule has 1 aliphatic carbocycles. The van der Waals surface area contributed by atoms with Gasteiger partial charge in [0.25, 0.3) is 0 Å². The standard InChI is InChI=1S/C16H18N2O2/c19-14(11-16(20)8-1-2-9-16)18-13-7-3-5-12-6-4-10-17-15(12)13/h3-7,10,20H,1-2,8-9,11H2,(H,18,19). The molecule has 4 heteroatoms. The summed E-state index contributed by atoms with van der Waals surface area (Å²) in [5.74, 6) is -0.146. The van der Waals surface area contributed by atoms with Crippen LogP contribution in [0.1, 0.15) is 32.1 Å². The predicted octanol–water partition coefficient (Wildman–Crippen LogP) is 2.87. The van der Waals surface area contributed by atoms with Gasteiger partial charge in [0, 0.05) is 11.6 Å². The van der Waals surface area contributed by atoms with E-state index >= 15 is 0 Å². The minimum Gasteiger partial charge on any atom is -0.389 e. The molecule has 1 amide bonds. The molecule has 1 fully saturated rings. The van der Waals surface area contributed by atoms with E-state index in [9.17, 15) is 9.90 Å². The molecule has 0 atom stereocenters. The fourth-order valence-corrected chi connectivity index (χ4v) is 2.91. The number of amides is 1. The number of rotatable bonds is 3. The molecule has 1 aromatic carbocycles. The summed E-state index contributed by atoms with van der Waals surface area (Å²) in [4.78, 5) is 16.4. The number of carbonyl (C=O) groups excluding carboxylic acids is 1. The number of fused-ring (bicyclic) bond motifs is 1. The van der Waals surface area contributed by atoms with Crippen molar-refractivity contribution in [1.82, 2.24) is 4.98 Å². The van der Waals surface area contributed by atoms with Crippen LogP contribution in [0.4, 0.5) is 5.69 Å². The molecular formula is C16H18N2O2. The first-order valence-corrected chi connectivity index (χ1v) is 7.02. The summed E-state index contributed by atoms with van der Waals surface area (Å²) in [5, 5.41) is 14.1. The molecule has 1 aromatic heterocycles. The molecule has 3 rings (SSSR count). The van der Waals surface area contributed by atoms with Crippen molar-refractivity contribution in [3.8, 4) is 0 Å². The van der Waals surface area contributed by atoms with Gasteiger partial charge in [-0.05, 0) is 25.0 Å². The number of carbonyl (C=O) groups is 1. The van der Waals surface area contributed by atoms with E-state index in [1.54, 1.807) is 6.20 Å². The lowest BCUT2D eigenvalue weighted by atomic mass is 9.97. The number of aliphatic hydroxyl groups is 1. The maximum absolute atomic E-state index is 12.1. The van der Waals surface area contributed by atoms with Crippen molar-refractivity contribution in [3.05, 3.63) is 36.5 Å². The second kappa shape index (κ2) is 5.21. The maximum atomic E-state index is 12.1. The molecule has 0 spiro atoms. The van der Waals surface area contributed by atoms with Crippen molar-refractivity contribution in [2.75, 3.05) is 5.32 Å². The highest BCUT2D eigenvalue weighted by Gasteiger charge is 2.33. The van der Waals surface area contributed by atoms with Gasteiger partial charge in [-0.2, -0.15) is 0 Å². The largest absolute Gasteiger partial charge is 0.389 e. The number of nitrogens with one attached hydrogen (secondary N) is 1. The summed E-state index contributed by atoms with van der Waals surface area (Å²) < 4.78 is 0. The second-order valence-electron chi connectivity index (χ2n) is 5.54. The summed E-state index contributed by atoms with van der Waals surface area (Å²) in [6.45, 7) is 0. The normalized spacial score (nSPS) is 17.2. The summed E-state index contributed by atoms with van der Waals surface area (Å²) in [6.07, 6.45) is 5.31. The summed E-state index contributed by atoms with van der Waals surface area (Å²) in [7, 11) is 0. The van der Waals surface area contributed by atoms with Gasteiger partial charge in [0.15, 0.2) is 0 Å². The molecular weight excluding hydrogens is 252 g/mol. The van der Waals surface area contributed by atoms with Crippen LogP contribution in [-0.4, -0.2) is 21.6 Å². The van der Waals surface area contributed by atoms with Crippen LogP contribution in [0.3, 0.4) is 0 Å². The van der Waals surface area contributed by atoms with Gasteiger partial charge in [-0.1, -0.05) is 31.0 Å². The molecule has 0 aliphatic heterocycles. The van der Waals surface area contributed by atoms with Crippen molar-refractivity contribution < 1.29 is 9.90 Å². The number of anilines is 1. The molecule has 1 heterocycles. The molecule has 20 heavy (non-hydrogen) atoms. The summed E-state index contributed by atoms with van der Waals surface area (Å²) in [5.41, 5.74) is 0.665. The van der Waals surface area contributed by atoms with Crippen LogP contribution >= 0.6 is 0 Å². The Morgan fingerprint density at radius 3 is 2.80 bits per heavy atom. The summed E-state index contributed by atoms with van der Waals surface area (Å²) in [6, 6.07) is 9.52. The monoisotopic (exact) mass is 270 g/mol. The molecule has 104 valence electrons. The highest BCUT2D eigenvalue weighted by Crippen LogP contribution is 2.32. The van der Waals surface area contributed by atoms with Gasteiger partial charge < -0.3 is 10.4 Å². The topological polar surface area (TPSA) is 62.2 Å². The van der Waals surface area contributed by atoms with Crippen molar-refractivity contribution in [3.63, 3.8) is 0 Å². The van der Waals surface area contributed by atoms with Gasteiger partial charge in [0.1, 0.15) is 0 Å². The molecule has 0 bridgehead atoms. The molecule has 2 N–H and O–H groups in total. The van der Waals surface area contributed by atoms with E-state index in [1.165, 1.54) is 0 Å². The SMILES string of the molecule is O=C(CC1(O)CCCC1)Nc1cccc2cccnc12. The van der Waals surface area contributed by atoms with E-state index in [4.69, 9.17) is 0 Å². The van der Waals surface area contributed by atoms with Crippen LogP contribution < -0.4 is 5.32 Å². The molecule has 0 radical (unpaired) electrons. The molecule has 0 unspecified atom stereocenters. The lowest BCUT2D eigenvalue weighted by Gasteiger charge is -2.21. The van der Waals surface area contributed by atoms with E-state index in [0.29, 0.717) is 18.5 Å². The first-order chi connectivity index (χ1) is 9.66. The van der Waals surface area contributed by atoms with Gasteiger partial charge >= 0.3 is 0 Å². The zero-order valence-corrected chi connectivity index (χ0v) is 11.3. The lowest BCUT2D eigenvalue weighted by molar-refractivity contribution is -0.120. The Morgan fingerprint density at radius 1 is 1.25 bits per heavy atom. The van der Waals surface area contributed by atoms with Gasteiger partial charge in [0.2, 0.25) is 5.91 Å². The van der Waals surface area contributed by atoms with Crippen LogP contribution in [0.15, 0.2) is 36.5 Å². The van der Waals surface area contributed by atoms with E-state index in [1.807, 2.05) is 30.3 Å². The van der Waals surface area contributed by atoms with Crippen LogP contribution in [-0.2, 0) is 4.79 Å². The maximum Gasteiger partial charge on any atom is 0.227 e. The zero-order chi connectivity index (χ0) is 14.0. The fourth-order valence-electron chi connectivity index (χ4n) is 2.91. The molecule has 1 saturated carbocycles. The van der Waals surface area contributed by atoms with Crippen LogP contribution in [0.25, 0.3) is 10.9 Å². The zero-order valence-electron chi connectivity index (χ0n) is 11.3. The van der Waals surface area contributed by atoms with Crippen LogP contribution in [0, 0.1) is 0 Å². The minimum absolute atomic E-state index is 0.146. The van der Waals surface area contributed by atoms with Gasteiger partial charge in [-0.15, -0.1) is 0 Å². The summed E-state index contributed by atoms with van der Waals surface area (Å²) >= 11 is 0. The smallest absolute Gasteiger partial charge is 0.227 e. The predicted molar refractivity (Wildman–Crippen MR) is 78.4 cm³/mol. The van der Waals surface area contributed by atoms with Gasteiger partial charge in [-0.3, -0.25) is 9.78 Å². The molecule has 4 nitrogen and oxygen atoms in total. The molecule has 1 aliphatic rings. The Hall–Kier alpha value is -1.94. The van der Waals surface area contributed by atoms with E-state index < -0.39 is 5.60 Å². The Labute approximate surface area is 117 Å². The number of benzene rings is 1. The van der Waals surface area contributed by atoms with E-state index in [0.717, 1.165) is 23.7 Å². The number of hydrogen-bond donors (Lipinski definition) is 2. The van der Waals surface area contributed by atoms with Crippen molar-refractivity contribution in [1.29, 1.82) is 0 Å². The average molecular weight is 270 g/mol. The third-order valence-corrected chi connectivity index (χ3v) is 3.93. The van der Waals surface area contributed by atoms with Crippen molar-refractivity contribution in [2.45, 2.75) is 37.7 Å². The average Bonchev–Trinajstić information content (AvgIpc) is 2.85. The van der Waals surface area contributed by atoms with Gasteiger partial charge in [0.05, 0.1) is 23.2 Å². The Morgan fingerprint density at radius 2 is 2.00 bits per heavy atom. The molecule has 0 saturated heterocycles. The quantitative estimate of drug-likeness (QED) is 0.901. The Kier molecular flexibility index (Phi) is 3.40. The van der Waals surface area contributed by atoms with Crippen LogP contribution in [0.5, 0.6) is 0 Å². The fraction of sp³-hybridized carbons (Fsp3) is 0.375. The number of pyridine rings is 1. The second-order valence-corrected chi connectivity index (χ2v) is 5.54. The first-order valence-electron chi connectivity index (χ1n) is 7.02. The van der Waals surface area contributed by atoms with E-state index in [2.05, 4.69) is 10.3 Å². The Bertz CT molecular complexity index is 628. The highest BCUT2D eigenvalue weighted by atomic mass is 16.3. The van der Waals surface area contributed by atoms with Gasteiger partial charge in [-0.25, -0.2) is 0 Å². The Balaban J connectivity index is 1.77. The highest BCUT2D eigenvalue weighted by molar-refractivity contribution is 6.00. The first kappa shape index (κ1) is 13.1. The third-order valence-electron chi connectivity index (χ3n) is 3.93. The number of para-hydroxylation sites is 1. The minimum atomic E-state index is -0.817. The number of aromatic nitrogens is 1. The van der Waals surface area contributed by atoms with E-state index in [-0.39, 0.29) is 12.3 Å². The van der Waals surface area contributed by atoms with Crippen LogP contribution in [0.2, 0.25) is 0 Å². The number of hydrogen-bond acceptors (Lipinski definition) is 3. The third kappa shape index (κ3) is 2.65. The molecule has 2 aromatic rings. The lowest BCUT2D eigenvalue weighted by Crippen LogP contribution is -2.30. The van der Waals surface area contributed by atoms with Crippen molar-refractivity contribution in [2.24, 2.45) is 0 Å².